The van der Waals surface area contributed by atoms with E-state index in [1.165, 1.54) is 32.1 Å². The van der Waals surface area contributed by atoms with Crippen molar-refractivity contribution in [3.05, 3.63) is 11.6 Å². The number of aliphatic imine (C=N–C) groups is 1. The third kappa shape index (κ3) is 4.55. The van der Waals surface area contributed by atoms with Gasteiger partial charge in [0.25, 0.3) is 0 Å². The van der Waals surface area contributed by atoms with Gasteiger partial charge in [-0.1, -0.05) is 19.8 Å². The zero-order valence-electron chi connectivity index (χ0n) is 16.6. The number of ether oxygens (including phenoxy) is 1. The van der Waals surface area contributed by atoms with E-state index in [2.05, 4.69) is 34.6 Å². The number of aryl methyl sites for hydroxylation is 1. The lowest BCUT2D eigenvalue weighted by Gasteiger charge is -2.28. The van der Waals surface area contributed by atoms with Crippen LogP contribution in [-0.2, 0) is 24.3 Å². The Kier molecular flexibility index (Phi) is 6.51. The minimum atomic E-state index is 0.332. The number of hydrogen-bond acceptors (Lipinski definition) is 4. The zero-order valence-corrected chi connectivity index (χ0v) is 16.6. The number of rotatable bonds is 7. The van der Waals surface area contributed by atoms with Crippen LogP contribution in [0.2, 0.25) is 0 Å². The smallest absolute Gasteiger partial charge is 0.191 e. The van der Waals surface area contributed by atoms with Crippen LogP contribution >= 0.6 is 0 Å². The molecule has 0 amide bonds. The van der Waals surface area contributed by atoms with Crippen molar-refractivity contribution >= 4 is 5.96 Å². The van der Waals surface area contributed by atoms with Crippen molar-refractivity contribution in [3.63, 3.8) is 0 Å². The largest absolute Gasteiger partial charge is 0.377 e. The molecule has 0 spiro atoms. The van der Waals surface area contributed by atoms with E-state index < -0.39 is 0 Å². The Morgan fingerprint density at radius 1 is 1.35 bits per heavy atom. The van der Waals surface area contributed by atoms with E-state index in [1.54, 1.807) is 7.11 Å². The minimum Gasteiger partial charge on any atom is -0.377 e. The van der Waals surface area contributed by atoms with Gasteiger partial charge in [0, 0.05) is 32.7 Å². The average Bonchev–Trinajstić information content (AvgIpc) is 3.27. The summed E-state index contributed by atoms with van der Waals surface area (Å²) in [6.45, 7) is 7.54. The van der Waals surface area contributed by atoms with Gasteiger partial charge in [0.05, 0.1) is 6.54 Å². The van der Waals surface area contributed by atoms with Gasteiger partial charge >= 0.3 is 0 Å². The predicted molar refractivity (Wildman–Crippen MR) is 103 cm³/mol. The number of nitrogens with one attached hydrogen (secondary N) is 2. The second-order valence-corrected chi connectivity index (χ2v) is 7.70. The van der Waals surface area contributed by atoms with Gasteiger partial charge in [-0.25, -0.2) is 9.67 Å². The van der Waals surface area contributed by atoms with Gasteiger partial charge in [-0.15, -0.1) is 0 Å². The molecule has 1 atom stereocenters. The van der Waals surface area contributed by atoms with Crippen molar-refractivity contribution in [1.82, 2.24) is 25.4 Å². The summed E-state index contributed by atoms with van der Waals surface area (Å²) >= 11 is 0. The van der Waals surface area contributed by atoms with Crippen LogP contribution < -0.4 is 10.6 Å². The molecule has 2 N–H and O–H groups in total. The number of aromatic nitrogens is 3. The molecule has 0 bridgehead atoms. The Morgan fingerprint density at radius 2 is 2.15 bits per heavy atom. The van der Waals surface area contributed by atoms with Gasteiger partial charge in [-0.3, -0.25) is 4.99 Å². The number of fused-ring (bicyclic) bond motifs is 1. The minimum absolute atomic E-state index is 0.332. The third-order valence-electron chi connectivity index (χ3n) is 5.85. The molecule has 2 aliphatic rings. The van der Waals surface area contributed by atoms with E-state index in [4.69, 9.17) is 9.73 Å². The maximum absolute atomic E-state index is 5.15. The van der Waals surface area contributed by atoms with E-state index >= 15 is 0 Å². The van der Waals surface area contributed by atoms with Gasteiger partial charge in [0.15, 0.2) is 11.8 Å². The molecule has 7 nitrogen and oxygen atoms in total. The van der Waals surface area contributed by atoms with Crippen LogP contribution in [0.3, 0.4) is 0 Å². The quantitative estimate of drug-likeness (QED) is 0.575. The molecular formula is C19H34N6O. The van der Waals surface area contributed by atoms with Crippen LogP contribution in [0, 0.1) is 5.41 Å². The lowest BCUT2D eigenvalue weighted by atomic mass is 9.84. The fourth-order valence-corrected chi connectivity index (χ4v) is 4.18. The predicted octanol–water partition coefficient (Wildman–Crippen LogP) is 2.26. The first kappa shape index (κ1) is 19.1. The van der Waals surface area contributed by atoms with Crippen molar-refractivity contribution in [2.24, 2.45) is 10.4 Å². The summed E-state index contributed by atoms with van der Waals surface area (Å²) in [4.78, 5) is 9.50. The molecule has 1 fully saturated rings. The number of methoxy groups -OCH3 is 1. The lowest BCUT2D eigenvalue weighted by molar-refractivity contribution is 0.177. The summed E-state index contributed by atoms with van der Waals surface area (Å²) in [6, 6.07) is 0.332. The summed E-state index contributed by atoms with van der Waals surface area (Å²) in [5, 5.41) is 11.6. The molecule has 0 aromatic carbocycles. The number of nitrogens with zero attached hydrogens (tertiary/aromatic N) is 4. The van der Waals surface area contributed by atoms with Gasteiger partial charge in [0.2, 0.25) is 0 Å². The highest BCUT2D eigenvalue weighted by Gasteiger charge is 2.32. The van der Waals surface area contributed by atoms with Gasteiger partial charge < -0.3 is 15.4 Å². The molecule has 0 radical (unpaired) electrons. The van der Waals surface area contributed by atoms with Crippen LogP contribution in [0.1, 0.15) is 64.0 Å². The second kappa shape index (κ2) is 8.84. The molecule has 0 saturated heterocycles. The SMILES string of the molecule is CCNC(=NCC1(CC)CCCC1)NC1CCc2nc(COC)nn2C1. The van der Waals surface area contributed by atoms with E-state index in [9.17, 15) is 0 Å². The molecule has 146 valence electrons. The zero-order chi connectivity index (χ0) is 18.4. The first-order valence-electron chi connectivity index (χ1n) is 10.1. The summed E-state index contributed by atoms with van der Waals surface area (Å²) in [5.74, 6) is 2.78. The van der Waals surface area contributed by atoms with Gasteiger partial charge in [-0.05, 0) is 38.0 Å². The molecule has 1 aromatic rings. The molecule has 1 unspecified atom stereocenters. The van der Waals surface area contributed by atoms with E-state index in [1.807, 2.05) is 4.68 Å². The molecule has 1 saturated carbocycles. The Morgan fingerprint density at radius 3 is 2.85 bits per heavy atom. The highest BCUT2D eigenvalue weighted by molar-refractivity contribution is 5.80. The molecule has 7 heteroatoms. The summed E-state index contributed by atoms with van der Waals surface area (Å²) < 4.78 is 7.16. The molecule has 3 rings (SSSR count). The molecule has 1 aromatic heterocycles. The topological polar surface area (TPSA) is 76.4 Å². The Labute approximate surface area is 157 Å². The van der Waals surface area contributed by atoms with Gasteiger partial charge in [0.1, 0.15) is 12.4 Å². The lowest BCUT2D eigenvalue weighted by Crippen LogP contribution is -2.47. The van der Waals surface area contributed by atoms with Crippen molar-refractivity contribution in [3.8, 4) is 0 Å². The molecule has 1 aliphatic heterocycles. The molecule has 1 aliphatic carbocycles. The maximum Gasteiger partial charge on any atom is 0.191 e. The van der Waals surface area contributed by atoms with Crippen LogP contribution in [0.5, 0.6) is 0 Å². The maximum atomic E-state index is 5.15. The normalized spacial score (nSPS) is 22.3. The fourth-order valence-electron chi connectivity index (χ4n) is 4.18. The van der Waals surface area contributed by atoms with E-state index in [-0.39, 0.29) is 0 Å². The number of guanidine groups is 1. The Hall–Kier alpha value is -1.63. The monoisotopic (exact) mass is 362 g/mol. The first-order valence-corrected chi connectivity index (χ1v) is 10.1. The van der Waals surface area contributed by atoms with Crippen molar-refractivity contribution in [2.45, 2.75) is 78.0 Å². The summed E-state index contributed by atoms with van der Waals surface area (Å²) in [5.41, 5.74) is 0.420. The Balaban J connectivity index is 1.61. The van der Waals surface area contributed by atoms with Crippen LogP contribution in [0.4, 0.5) is 0 Å². The van der Waals surface area contributed by atoms with Crippen molar-refractivity contribution in [1.29, 1.82) is 0 Å². The van der Waals surface area contributed by atoms with Gasteiger partial charge in [-0.2, -0.15) is 5.10 Å². The van der Waals surface area contributed by atoms with Crippen molar-refractivity contribution in [2.75, 3.05) is 20.2 Å². The fraction of sp³-hybridized carbons (Fsp3) is 0.842. The summed E-state index contributed by atoms with van der Waals surface area (Å²) in [7, 11) is 1.68. The first-order chi connectivity index (χ1) is 12.7. The molecule has 2 heterocycles. The van der Waals surface area contributed by atoms with Crippen LogP contribution in [-0.4, -0.2) is 47.0 Å². The third-order valence-corrected chi connectivity index (χ3v) is 5.85. The summed E-state index contributed by atoms with van der Waals surface area (Å²) in [6.07, 6.45) is 8.57. The Bertz CT molecular complexity index is 605. The average molecular weight is 363 g/mol. The standard InChI is InChI=1S/C19H34N6O/c1-4-19(10-6-7-11-19)14-21-18(20-5-2)22-15-8-9-17-23-16(13-26-3)24-25(17)12-15/h15H,4-14H2,1-3H3,(H2,20,21,22). The highest BCUT2D eigenvalue weighted by Crippen LogP contribution is 2.41. The van der Waals surface area contributed by atoms with E-state index in [0.29, 0.717) is 18.1 Å². The van der Waals surface area contributed by atoms with Crippen molar-refractivity contribution < 1.29 is 4.74 Å². The van der Waals surface area contributed by atoms with E-state index in [0.717, 1.165) is 50.1 Å². The molecule has 26 heavy (non-hydrogen) atoms. The highest BCUT2D eigenvalue weighted by atomic mass is 16.5. The van der Waals surface area contributed by atoms with Crippen LogP contribution in [0.15, 0.2) is 4.99 Å². The van der Waals surface area contributed by atoms with Crippen LogP contribution in [0.25, 0.3) is 0 Å². The second-order valence-electron chi connectivity index (χ2n) is 7.70. The molecular weight excluding hydrogens is 328 g/mol. The number of hydrogen-bond donors (Lipinski definition) is 2.